The van der Waals surface area contributed by atoms with Crippen LogP contribution in [0.4, 0.5) is 0 Å². The molecule has 2 aromatic carbocycles. The van der Waals surface area contributed by atoms with Gasteiger partial charge in [-0.3, -0.25) is 0 Å². The van der Waals surface area contributed by atoms with Gasteiger partial charge < -0.3 is 14.2 Å². The monoisotopic (exact) mass is 310 g/mol. The van der Waals surface area contributed by atoms with E-state index in [1.807, 2.05) is 0 Å². The van der Waals surface area contributed by atoms with Gasteiger partial charge in [-0.25, -0.2) is 0 Å². The number of hydrogen-bond donors (Lipinski definition) is 0. The SMILES string of the molecule is Cc1ccc(C(OC(c2ccc(C)cc2)C2CO2)C2CO2)cc1. The molecule has 3 heteroatoms. The Hall–Kier alpha value is -1.68. The van der Waals surface area contributed by atoms with Crippen LogP contribution in [-0.4, -0.2) is 25.4 Å². The minimum atomic E-state index is -0.0360. The fraction of sp³-hybridized carbons (Fsp3) is 0.400. The molecule has 3 nitrogen and oxygen atoms in total. The van der Waals surface area contributed by atoms with Crippen LogP contribution in [0.3, 0.4) is 0 Å². The molecule has 2 saturated heterocycles. The van der Waals surface area contributed by atoms with E-state index < -0.39 is 0 Å². The molecule has 2 aromatic rings. The number of aryl methyl sites for hydroxylation is 2. The van der Waals surface area contributed by atoms with Crippen LogP contribution >= 0.6 is 0 Å². The van der Waals surface area contributed by atoms with E-state index in [1.165, 1.54) is 22.3 Å². The Morgan fingerprint density at radius 2 is 1.09 bits per heavy atom. The lowest BCUT2D eigenvalue weighted by Crippen LogP contribution is -2.19. The van der Waals surface area contributed by atoms with E-state index in [-0.39, 0.29) is 24.4 Å². The van der Waals surface area contributed by atoms with Crippen molar-refractivity contribution in [3.05, 3.63) is 70.8 Å². The van der Waals surface area contributed by atoms with Crippen molar-refractivity contribution in [2.45, 2.75) is 38.3 Å². The lowest BCUT2D eigenvalue weighted by Gasteiger charge is -2.24. The molecule has 2 heterocycles. The van der Waals surface area contributed by atoms with Crippen LogP contribution < -0.4 is 0 Å². The van der Waals surface area contributed by atoms with Crippen LogP contribution in [0, 0.1) is 13.8 Å². The van der Waals surface area contributed by atoms with Gasteiger partial charge in [-0.2, -0.15) is 0 Å². The summed E-state index contributed by atoms with van der Waals surface area (Å²) in [5.41, 5.74) is 4.86. The molecule has 2 aliphatic rings. The summed E-state index contributed by atoms with van der Waals surface area (Å²) in [5, 5.41) is 0. The highest BCUT2D eigenvalue weighted by molar-refractivity contribution is 5.27. The Kier molecular flexibility index (Phi) is 3.93. The highest BCUT2D eigenvalue weighted by Crippen LogP contribution is 2.40. The molecule has 2 aliphatic heterocycles. The van der Waals surface area contributed by atoms with Gasteiger partial charge in [-0.05, 0) is 25.0 Å². The molecule has 0 aliphatic carbocycles. The van der Waals surface area contributed by atoms with Crippen molar-refractivity contribution in [1.82, 2.24) is 0 Å². The maximum absolute atomic E-state index is 6.50. The van der Waals surface area contributed by atoms with Crippen molar-refractivity contribution in [1.29, 1.82) is 0 Å². The van der Waals surface area contributed by atoms with Gasteiger partial charge in [0.2, 0.25) is 0 Å². The molecule has 4 unspecified atom stereocenters. The average Bonchev–Trinajstić information content (AvgIpc) is 3.45. The zero-order valence-electron chi connectivity index (χ0n) is 13.6. The number of epoxide rings is 2. The third-order valence-electron chi connectivity index (χ3n) is 4.50. The van der Waals surface area contributed by atoms with Crippen LogP contribution in [0.2, 0.25) is 0 Å². The zero-order chi connectivity index (χ0) is 15.8. The van der Waals surface area contributed by atoms with Gasteiger partial charge in [0.25, 0.3) is 0 Å². The Balaban J connectivity index is 1.58. The maximum atomic E-state index is 6.50. The molecule has 4 atom stereocenters. The highest BCUT2D eigenvalue weighted by atomic mass is 16.6. The largest absolute Gasteiger partial charge is 0.370 e. The summed E-state index contributed by atoms with van der Waals surface area (Å²) in [4.78, 5) is 0. The van der Waals surface area contributed by atoms with Crippen molar-refractivity contribution in [2.75, 3.05) is 13.2 Å². The predicted octanol–water partition coefficient (Wildman–Crippen LogP) is 3.90. The van der Waals surface area contributed by atoms with Gasteiger partial charge in [-0.15, -0.1) is 0 Å². The Morgan fingerprint density at radius 1 is 0.739 bits per heavy atom. The summed E-state index contributed by atoms with van der Waals surface area (Å²) < 4.78 is 17.6. The molecule has 0 amide bonds. The molecule has 2 fully saturated rings. The quantitative estimate of drug-likeness (QED) is 0.759. The first-order valence-corrected chi connectivity index (χ1v) is 8.22. The van der Waals surface area contributed by atoms with E-state index >= 15 is 0 Å². The lowest BCUT2D eigenvalue weighted by atomic mass is 10.0. The highest BCUT2D eigenvalue weighted by Gasteiger charge is 2.41. The molecular weight excluding hydrogens is 288 g/mol. The summed E-state index contributed by atoms with van der Waals surface area (Å²) >= 11 is 0. The van der Waals surface area contributed by atoms with Gasteiger partial charge in [0.1, 0.15) is 24.4 Å². The first kappa shape index (κ1) is 14.9. The minimum Gasteiger partial charge on any atom is -0.370 e. The first-order chi connectivity index (χ1) is 11.2. The first-order valence-electron chi connectivity index (χ1n) is 8.22. The van der Waals surface area contributed by atoms with Crippen molar-refractivity contribution in [2.24, 2.45) is 0 Å². The van der Waals surface area contributed by atoms with E-state index in [0.29, 0.717) is 0 Å². The molecular formula is C20H22O3. The molecule has 0 bridgehead atoms. The summed E-state index contributed by atoms with van der Waals surface area (Å²) in [6.07, 6.45) is 0.242. The smallest absolute Gasteiger partial charge is 0.112 e. The molecule has 0 radical (unpaired) electrons. The fourth-order valence-electron chi connectivity index (χ4n) is 2.89. The van der Waals surface area contributed by atoms with E-state index in [1.54, 1.807) is 0 Å². The minimum absolute atomic E-state index is 0.0360. The molecule has 0 spiro atoms. The maximum Gasteiger partial charge on any atom is 0.112 e. The van der Waals surface area contributed by atoms with Gasteiger partial charge in [0.15, 0.2) is 0 Å². The van der Waals surface area contributed by atoms with Crippen molar-refractivity contribution >= 4 is 0 Å². The second-order valence-corrected chi connectivity index (χ2v) is 6.54. The zero-order valence-corrected chi connectivity index (χ0v) is 13.6. The van der Waals surface area contributed by atoms with E-state index in [4.69, 9.17) is 14.2 Å². The molecule has 23 heavy (non-hydrogen) atoms. The molecule has 0 N–H and O–H groups in total. The molecule has 0 saturated carbocycles. The second kappa shape index (κ2) is 6.08. The number of benzene rings is 2. The Morgan fingerprint density at radius 3 is 1.39 bits per heavy atom. The topological polar surface area (TPSA) is 34.3 Å². The second-order valence-electron chi connectivity index (χ2n) is 6.54. The van der Waals surface area contributed by atoms with Crippen LogP contribution in [-0.2, 0) is 14.2 Å². The Bertz CT molecular complexity index is 595. The van der Waals surface area contributed by atoms with Crippen LogP contribution in [0.15, 0.2) is 48.5 Å². The number of ether oxygens (including phenoxy) is 3. The van der Waals surface area contributed by atoms with Crippen LogP contribution in [0.25, 0.3) is 0 Å². The number of rotatable bonds is 6. The normalized spacial score (nSPS) is 25.0. The predicted molar refractivity (Wildman–Crippen MR) is 88.4 cm³/mol. The van der Waals surface area contributed by atoms with Crippen molar-refractivity contribution in [3.8, 4) is 0 Å². The summed E-state index contributed by atoms with van der Waals surface area (Å²) in [7, 11) is 0. The van der Waals surface area contributed by atoms with Gasteiger partial charge in [0.05, 0.1) is 13.2 Å². The van der Waals surface area contributed by atoms with Gasteiger partial charge in [0, 0.05) is 0 Å². The average molecular weight is 310 g/mol. The standard InChI is InChI=1S/C20H22O3/c1-13-3-7-15(8-4-13)19(17-11-21-17)23-20(18-12-22-18)16-9-5-14(2)6-10-16/h3-10,17-20H,11-12H2,1-2H3. The third kappa shape index (κ3) is 3.47. The van der Waals surface area contributed by atoms with E-state index in [2.05, 4.69) is 62.4 Å². The van der Waals surface area contributed by atoms with E-state index in [0.717, 1.165) is 13.2 Å². The Labute approximate surface area is 137 Å². The van der Waals surface area contributed by atoms with Crippen molar-refractivity contribution < 1.29 is 14.2 Å². The summed E-state index contributed by atoms with van der Waals surface area (Å²) in [5.74, 6) is 0. The van der Waals surface area contributed by atoms with Crippen LogP contribution in [0.5, 0.6) is 0 Å². The summed E-state index contributed by atoms with van der Waals surface area (Å²) in [6, 6.07) is 17.1. The lowest BCUT2D eigenvalue weighted by molar-refractivity contribution is -0.0419. The molecule has 0 aromatic heterocycles. The van der Waals surface area contributed by atoms with Crippen LogP contribution in [0.1, 0.15) is 34.5 Å². The van der Waals surface area contributed by atoms with Gasteiger partial charge in [-0.1, -0.05) is 59.7 Å². The molecule has 4 rings (SSSR count). The fourth-order valence-corrected chi connectivity index (χ4v) is 2.89. The summed E-state index contributed by atoms with van der Waals surface area (Å²) in [6.45, 7) is 5.73. The number of hydrogen-bond acceptors (Lipinski definition) is 3. The van der Waals surface area contributed by atoms with Crippen molar-refractivity contribution in [3.63, 3.8) is 0 Å². The molecule has 120 valence electrons. The third-order valence-corrected chi connectivity index (χ3v) is 4.50. The van der Waals surface area contributed by atoms with Gasteiger partial charge >= 0.3 is 0 Å². The van der Waals surface area contributed by atoms with E-state index in [9.17, 15) is 0 Å².